The zero-order valence-electron chi connectivity index (χ0n) is 19.3. The van der Waals surface area contributed by atoms with Crippen LogP contribution >= 0.6 is 0 Å². The summed E-state index contributed by atoms with van der Waals surface area (Å²) in [5.41, 5.74) is 2.69. The smallest absolute Gasteiger partial charge is 0.411 e. The number of benzene rings is 3. The topological polar surface area (TPSA) is 105 Å². The lowest BCUT2D eigenvalue weighted by atomic mass is 9.98. The summed E-state index contributed by atoms with van der Waals surface area (Å²) in [4.78, 5) is 36.5. The van der Waals surface area contributed by atoms with Crippen LogP contribution in [0.5, 0.6) is 0 Å². The van der Waals surface area contributed by atoms with Crippen LogP contribution in [0.3, 0.4) is 0 Å². The maximum atomic E-state index is 14.2. The van der Waals surface area contributed by atoms with Gasteiger partial charge in [-0.1, -0.05) is 55.5 Å². The molecule has 1 atom stereocenters. The number of carboxylic acids is 1. The van der Waals surface area contributed by atoms with Crippen molar-refractivity contribution in [1.29, 1.82) is 0 Å². The lowest BCUT2D eigenvalue weighted by molar-refractivity contribution is -0.143. The molecule has 3 N–H and O–H groups in total. The quantitative estimate of drug-likeness (QED) is 0.436. The van der Waals surface area contributed by atoms with Gasteiger partial charge in [-0.15, -0.1) is 0 Å². The standard InChI is InChI=1S/C27H25FN2O5/c1-3-27(2,25(32)33)30-24(31)16-12-17(28)14-18(13-16)29-26(34)35-15-23-21-10-6-4-8-19(21)20-9-5-7-11-22(20)23/h4-14,23H,3,15H2,1-2H3,(H,29,34)(H,30,31)(H,32,33). The molecular formula is C27H25FN2O5. The third kappa shape index (κ3) is 4.87. The summed E-state index contributed by atoms with van der Waals surface area (Å²) in [7, 11) is 0. The molecule has 7 nitrogen and oxygen atoms in total. The van der Waals surface area contributed by atoms with Crippen molar-refractivity contribution < 1.29 is 28.6 Å². The number of anilines is 1. The molecule has 0 radical (unpaired) electrons. The van der Waals surface area contributed by atoms with E-state index >= 15 is 0 Å². The predicted octanol–water partition coefficient (Wildman–Crippen LogP) is 5.17. The first-order valence-corrected chi connectivity index (χ1v) is 11.2. The van der Waals surface area contributed by atoms with Crippen LogP contribution in [0.1, 0.15) is 47.7 Å². The summed E-state index contributed by atoms with van der Waals surface area (Å²) in [6.45, 7) is 3.06. The van der Waals surface area contributed by atoms with Crippen LogP contribution < -0.4 is 10.6 Å². The first-order valence-electron chi connectivity index (χ1n) is 11.2. The highest BCUT2D eigenvalue weighted by molar-refractivity contribution is 5.99. The van der Waals surface area contributed by atoms with E-state index < -0.39 is 29.3 Å². The second-order valence-electron chi connectivity index (χ2n) is 8.62. The maximum absolute atomic E-state index is 14.2. The Morgan fingerprint density at radius 3 is 2.17 bits per heavy atom. The average Bonchev–Trinajstić information content (AvgIpc) is 3.16. The van der Waals surface area contributed by atoms with Gasteiger partial charge in [0.25, 0.3) is 5.91 Å². The molecule has 3 aromatic carbocycles. The van der Waals surface area contributed by atoms with Gasteiger partial charge in [-0.3, -0.25) is 10.1 Å². The molecule has 0 aliphatic heterocycles. The molecule has 0 saturated heterocycles. The highest BCUT2D eigenvalue weighted by Crippen LogP contribution is 2.44. The number of hydrogen-bond acceptors (Lipinski definition) is 4. The van der Waals surface area contributed by atoms with Crippen LogP contribution in [0.25, 0.3) is 11.1 Å². The Bertz CT molecular complexity index is 1260. The number of hydrogen-bond donors (Lipinski definition) is 3. The number of rotatable bonds is 7. The predicted molar refractivity (Wildman–Crippen MR) is 129 cm³/mol. The molecule has 35 heavy (non-hydrogen) atoms. The molecule has 0 fully saturated rings. The summed E-state index contributed by atoms with van der Waals surface area (Å²) in [6.07, 6.45) is -0.665. The van der Waals surface area contributed by atoms with Crippen LogP contribution in [0.2, 0.25) is 0 Å². The molecule has 0 heterocycles. The molecule has 4 rings (SSSR count). The van der Waals surface area contributed by atoms with Gasteiger partial charge in [0, 0.05) is 17.2 Å². The maximum Gasteiger partial charge on any atom is 0.411 e. The first kappa shape index (κ1) is 23.9. The van der Waals surface area contributed by atoms with E-state index in [1.165, 1.54) is 13.0 Å². The van der Waals surface area contributed by atoms with Gasteiger partial charge < -0.3 is 15.2 Å². The minimum absolute atomic E-state index is 0.0147. The average molecular weight is 477 g/mol. The van der Waals surface area contributed by atoms with Gasteiger partial charge in [0.15, 0.2) is 0 Å². The van der Waals surface area contributed by atoms with Crippen molar-refractivity contribution in [3.63, 3.8) is 0 Å². The highest BCUT2D eigenvalue weighted by Gasteiger charge is 2.33. The molecule has 3 aromatic rings. The van der Waals surface area contributed by atoms with Gasteiger partial charge in [-0.05, 0) is 53.8 Å². The van der Waals surface area contributed by atoms with Crippen molar-refractivity contribution in [2.45, 2.75) is 31.7 Å². The first-order chi connectivity index (χ1) is 16.7. The number of fused-ring (bicyclic) bond motifs is 3. The van der Waals surface area contributed by atoms with Crippen LogP contribution in [-0.4, -0.2) is 35.2 Å². The van der Waals surface area contributed by atoms with Crippen LogP contribution in [0.15, 0.2) is 66.7 Å². The molecule has 0 bridgehead atoms. The Morgan fingerprint density at radius 2 is 1.60 bits per heavy atom. The Balaban J connectivity index is 1.45. The number of carbonyl (C=O) groups excluding carboxylic acids is 2. The fraction of sp³-hybridized carbons (Fsp3) is 0.222. The van der Waals surface area contributed by atoms with E-state index in [-0.39, 0.29) is 30.2 Å². The lowest BCUT2D eigenvalue weighted by Gasteiger charge is -2.24. The number of carboxylic acid groups (broad SMARTS) is 1. The second kappa shape index (κ2) is 9.58. The third-order valence-electron chi connectivity index (χ3n) is 6.32. The second-order valence-corrected chi connectivity index (χ2v) is 8.62. The minimum Gasteiger partial charge on any atom is -0.480 e. The fourth-order valence-electron chi connectivity index (χ4n) is 4.16. The van der Waals surface area contributed by atoms with E-state index in [1.54, 1.807) is 6.92 Å². The molecule has 1 unspecified atom stereocenters. The van der Waals surface area contributed by atoms with Crippen molar-refractivity contribution in [2.24, 2.45) is 0 Å². The van der Waals surface area contributed by atoms with Crippen molar-refractivity contribution in [2.75, 3.05) is 11.9 Å². The molecule has 0 saturated carbocycles. The van der Waals surface area contributed by atoms with E-state index in [0.717, 1.165) is 34.4 Å². The molecular weight excluding hydrogens is 451 g/mol. The normalized spacial score (nSPS) is 13.8. The van der Waals surface area contributed by atoms with Gasteiger partial charge in [-0.2, -0.15) is 0 Å². The highest BCUT2D eigenvalue weighted by atomic mass is 19.1. The van der Waals surface area contributed by atoms with Crippen LogP contribution in [0, 0.1) is 5.82 Å². The van der Waals surface area contributed by atoms with Gasteiger partial charge in [-0.25, -0.2) is 14.0 Å². The fourth-order valence-corrected chi connectivity index (χ4v) is 4.16. The minimum atomic E-state index is -1.51. The number of carbonyl (C=O) groups is 3. The van der Waals surface area contributed by atoms with Crippen molar-refractivity contribution >= 4 is 23.7 Å². The SMILES string of the molecule is CCC(C)(NC(=O)c1cc(F)cc(NC(=O)OCC2c3ccccc3-c3ccccc32)c1)C(=O)O. The van der Waals surface area contributed by atoms with Crippen molar-refractivity contribution in [3.05, 3.63) is 89.2 Å². The summed E-state index contributed by atoms with van der Waals surface area (Å²) >= 11 is 0. The Morgan fingerprint density at radius 1 is 1.00 bits per heavy atom. The largest absolute Gasteiger partial charge is 0.480 e. The molecule has 0 aromatic heterocycles. The van der Waals surface area contributed by atoms with E-state index in [9.17, 15) is 23.9 Å². The molecule has 1 aliphatic rings. The number of aliphatic carboxylic acids is 1. The van der Waals surface area contributed by atoms with Crippen molar-refractivity contribution in [1.82, 2.24) is 5.32 Å². The Kier molecular flexibility index (Phi) is 6.55. The molecule has 1 aliphatic carbocycles. The van der Waals surface area contributed by atoms with E-state index in [4.69, 9.17) is 4.74 Å². The number of halogens is 1. The number of nitrogens with one attached hydrogen (secondary N) is 2. The number of ether oxygens (including phenoxy) is 1. The third-order valence-corrected chi connectivity index (χ3v) is 6.32. The summed E-state index contributed by atoms with van der Waals surface area (Å²) in [6, 6.07) is 19.1. The molecule has 2 amide bonds. The lowest BCUT2D eigenvalue weighted by Crippen LogP contribution is -2.51. The van der Waals surface area contributed by atoms with Crippen molar-refractivity contribution in [3.8, 4) is 11.1 Å². The summed E-state index contributed by atoms with van der Waals surface area (Å²) in [5, 5.41) is 14.2. The molecule has 180 valence electrons. The monoisotopic (exact) mass is 476 g/mol. The molecule has 0 spiro atoms. The Labute approximate surface area is 201 Å². The van der Waals surface area contributed by atoms with E-state index in [2.05, 4.69) is 10.6 Å². The van der Waals surface area contributed by atoms with Gasteiger partial charge in [0.05, 0.1) is 0 Å². The molecule has 8 heteroatoms. The van der Waals surface area contributed by atoms with Gasteiger partial charge >= 0.3 is 12.1 Å². The van der Waals surface area contributed by atoms with Gasteiger partial charge in [0.1, 0.15) is 18.0 Å². The zero-order valence-corrected chi connectivity index (χ0v) is 19.3. The van der Waals surface area contributed by atoms with Crippen LogP contribution in [0.4, 0.5) is 14.9 Å². The van der Waals surface area contributed by atoms with E-state index in [0.29, 0.717) is 0 Å². The summed E-state index contributed by atoms with van der Waals surface area (Å²) in [5.74, 6) is -2.88. The van der Waals surface area contributed by atoms with Crippen LogP contribution in [-0.2, 0) is 9.53 Å². The zero-order chi connectivity index (χ0) is 25.2. The Hall–Kier alpha value is -4.20. The number of amides is 2. The van der Waals surface area contributed by atoms with E-state index in [1.807, 2.05) is 48.5 Å². The summed E-state index contributed by atoms with van der Waals surface area (Å²) < 4.78 is 19.6. The van der Waals surface area contributed by atoms with Gasteiger partial charge in [0.2, 0.25) is 0 Å².